The number of ether oxygens (including phenoxy) is 6. The smallest absolute Gasteiger partial charge is 0.416 e. The maximum atomic E-state index is 13.6. The zero-order valence-corrected chi connectivity index (χ0v) is 34.4. The predicted octanol–water partition coefficient (Wildman–Crippen LogP) is 10.0. The van der Waals surface area contributed by atoms with Crippen LogP contribution in [0.3, 0.4) is 0 Å². The van der Waals surface area contributed by atoms with Crippen molar-refractivity contribution in [2.24, 2.45) is 0 Å². The molecule has 0 aliphatic carbocycles. The van der Waals surface area contributed by atoms with Crippen molar-refractivity contribution in [3.8, 4) is 56.8 Å². The van der Waals surface area contributed by atoms with E-state index in [0.717, 1.165) is 77.1 Å². The van der Waals surface area contributed by atoms with Gasteiger partial charge in [-0.05, 0) is 101 Å². The average Bonchev–Trinajstić information content (AvgIpc) is 3.21. The summed E-state index contributed by atoms with van der Waals surface area (Å²) >= 11 is 0. The summed E-state index contributed by atoms with van der Waals surface area (Å²) in [5, 5.41) is 0. The first-order chi connectivity index (χ1) is 26.6. The van der Waals surface area contributed by atoms with Crippen LogP contribution in [0.5, 0.6) is 34.5 Å². The number of alkyl halides is 3. The highest BCUT2D eigenvalue weighted by Gasteiger charge is 2.31. The van der Waals surface area contributed by atoms with E-state index in [1.165, 1.54) is 0 Å². The van der Waals surface area contributed by atoms with Crippen molar-refractivity contribution in [3.05, 3.63) is 108 Å². The highest BCUT2D eigenvalue weighted by molar-refractivity contribution is 5.85. The van der Waals surface area contributed by atoms with Gasteiger partial charge in [0.2, 0.25) is 11.5 Å². The summed E-state index contributed by atoms with van der Waals surface area (Å²) in [7, 11) is 9.48. The van der Waals surface area contributed by atoms with Crippen LogP contribution in [0, 0.1) is 0 Å². The summed E-state index contributed by atoms with van der Waals surface area (Å²) in [6, 6.07) is 23.5. The molecule has 5 aromatic rings. The number of halogens is 5. The molecule has 1 aromatic heterocycles. The second-order valence-electron chi connectivity index (χ2n) is 13.3. The minimum atomic E-state index is -4.42. The van der Waals surface area contributed by atoms with Crippen LogP contribution in [-0.4, -0.2) is 71.7 Å². The molecule has 1 fully saturated rings. The third kappa shape index (κ3) is 10.3. The Kier molecular flexibility index (Phi) is 15.6. The van der Waals surface area contributed by atoms with Crippen molar-refractivity contribution in [2.45, 2.75) is 38.1 Å². The molecule has 0 atom stereocenters. The molecule has 4 aromatic carbocycles. The van der Waals surface area contributed by atoms with Crippen LogP contribution in [-0.2, 0) is 19.3 Å². The number of hydrogen-bond acceptors (Lipinski definition) is 9. The number of likely N-dealkylation sites (tertiary alicyclic amines) is 1. The van der Waals surface area contributed by atoms with Crippen LogP contribution in [0.25, 0.3) is 22.3 Å². The molecular weight excluding hydrogens is 782 g/mol. The second kappa shape index (κ2) is 19.9. The van der Waals surface area contributed by atoms with Gasteiger partial charge in [-0.1, -0.05) is 18.2 Å². The van der Waals surface area contributed by atoms with Crippen LogP contribution in [0.1, 0.15) is 29.5 Å². The van der Waals surface area contributed by atoms with Gasteiger partial charge in [0.05, 0.1) is 48.2 Å². The van der Waals surface area contributed by atoms with Crippen LogP contribution in [0.4, 0.5) is 18.9 Å². The van der Waals surface area contributed by atoms with Gasteiger partial charge in [-0.15, -0.1) is 24.8 Å². The van der Waals surface area contributed by atoms with E-state index in [0.29, 0.717) is 47.6 Å². The molecule has 1 aliphatic rings. The van der Waals surface area contributed by atoms with Gasteiger partial charge in [-0.2, -0.15) is 13.2 Å². The highest BCUT2D eigenvalue weighted by Crippen LogP contribution is 2.43. The van der Waals surface area contributed by atoms with E-state index >= 15 is 0 Å². The summed E-state index contributed by atoms with van der Waals surface area (Å²) in [5.41, 5.74) is 5.80. The molecule has 2 heterocycles. The Balaban J connectivity index is 0.00000360. The SMILES string of the molecule is COc1cc(-c2cncc(CN3CCC(N(Cc4cccc(-c5cc(OC)c(OC)c(OC)c5)c4)c4ccc(C(F)(F)F)cc4)CC3)c2)cc(OC)c1OC.Cl.Cl. The third-order valence-electron chi connectivity index (χ3n) is 10.0. The largest absolute Gasteiger partial charge is 0.493 e. The Labute approximate surface area is 344 Å². The van der Waals surface area contributed by atoms with E-state index < -0.39 is 11.7 Å². The molecule has 0 unspecified atom stereocenters. The lowest BCUT2D eigenvalue weighted by atomic mass is 9.98. The number of methoxy groups -OCH3 is 6. The first-order valence-electron chi connectivity index (χ1n) is 17.9. The standard InChI is InChI=1S/C43H46F3N3O6.2ClH/c1-50-37-20-31(21-38(51-2)41(37)54-5)30-9-7-8-28(18-30)27-49(35-12-10-34(11-13-35)43(44,45)46)36-14-16-48(17-15-36)26-29-19-33(25-47-24-29)32-22-39(52-3)42(55-6)40(23-32)53-4;;/h7-13,18-25,36H,14-17,26-27H2,1-6H3;2*1H. The molecule has 1 saturated heterocycles. The van der Waals surface area contributed by atoms with Gasteiger partial charge in [0.25, 0.3) is 0 Å². The number of pyridine rings is 1. The molecular formula is C43H48Cl2F3N3O6. The second-order valence-corrected chi connectivity index (χ2v) is 13.3. The molecule has 0 radical (unpaired) electrons. The van der Waals surface area contributed by atoms with Crippen LogP contribution >= 0.6 is 24.8 Å². The molecule has 6 rings (SSSR count). The lowest BCUT2D eigenvalue weighted by molar-refractivity contribution is -0.137. The maximum absolute atomic E-state index is 13.6. The fourth-order valence-corrected chi connectivity index (χ4v) is 7.19. The molecule has 0 N–H and O–H groups in total. The van der Waals surface area contributed by atoms with Gasteiger partial charge >= 0.3 is 6.18 Å². The number of hydrogen-bond donors (Lipinski definition) is 0. The molecule has 9 nitrogen and oxygen atoms in total. The van der Waals surface area contributed by atoms with Gasteiger partial charge in [-0.25, -0.2) is 0 Å². The zero-order chi connectivity index (χ0) is 39.1. The number of nitrogens with zero attached hydrogens (tertiary/aromatic N) is 3. The Morgan fingerprint density at radius 1 is 0.614 bits per heavy atom. The predicted molar refractivity (Wildman–Crippen MR) is 221 cm³/mol. The monoisotopic (exact) mass is 829 g/mol. The van der Waals surface area contributed by atoms with E-state index in [-0.39, 0.29) is 30.9 Å². The number of anilines is 1. The lowest BCUT2D eigenvalue weighted by Gasteiger charge is -2.40. The molecule has 0 saturated carbocycles. The van der Waals surface area contributed by atoms with Gasteiger partial charge in [0, 0.05) is 55.9 Å². The summed E-state index contributed by atoms with van der Waals surface area (Å²) < 4.78 is 74.0. The van der Waals surface area contributed by atoms with Crippen molar-refractivity contribution in [1.82, 2.24) is 9.88 Å². The fourth-order valence-electron chi connectivity index (χ4n) is 7.19. The quantitative estimate of drug-likeness (QED) is 0.109. The van der Waals surface area contributed by atoms with E-state index in [1.807, 2.05) is 54.9 Å². The first-order valence-corrected chi connectivity index (χ1v) is 17.9. The van der Waals surface area contributed by atoms with Crippen molar-refractivity contribution < 1.29 is 41.6 Å². The van der Waals surface area contributed by atoms with Gasteiger partial charge in [-0.3, -0.25) is 9.88 Å². The Bertz CT molecular complexity index is 2030. The minimum Gasteiger partial charge on any atom is -0.493 e. The third-order valence-corrected chi connectivity index (χ3v) is 10.0. The maximum Gasteiger partial charge on any atom is 0.416 e. The van der Waals surface area contributed by atoms with Crippen LogP contribution in [0.15, 0.2) is 91.3 Å². The van der Waals surface area contributed by atoms with Gasteiger partial charge < -0.3 is 33.3 Å². The number of piperidine rings is 1. The van der Waals surface area contributed by atoms with Crippen molar-refractivity contribution in [3.63, 3.8) is 0 Å². The van der Waals surface area contributed by atoms with Gasteiger partial charge in [0.1, 0.15) is 0 Å². The number of aromatic nitrogens is 1. The molecule has 0 amide bonds. The van der Waals surface area contributed by atoms with E-state index in [1.54, 1.807) is 54.8 Å². The highest BCUT2D eigenvalue weighted by atomic mass is 35.5. The van der Waals surface area contributed by atoms with Gasteiger partial charge in [0.15, 0.2) is 23.0 Å². The van der Waals surface area contributed by atoms with Crippen molar-refractivity contribution in [2.75, 3.05) is 60.6 Å². The molecule has 14 heteroatoms. The van der Waals surface area contributed by atoms with Crippen molar-refractivity contribution >= 4 is 30.5 Å². The van der Waals surface area contributed by atoms with Crippen LogP contribution in [0.2, 0.25) is 0 Å². The minimum absolute atomic E-state index is 0. The number of rotatable bonds is 14. The topological polar surface area (TPSA) is 74.8 Å². The molecule has 0 spiro atoms. The Hall–Kier alpha value is -5.04. The van der Waals surface area contributed by atoms with E-state index in [4.69, 9.17) is 28.4 Å². The molecule has 0 bridgehead atoms. The normalized spacial score (nSPS) is 13.1. The summed E-state index contributed by atoms with van der Waals surface area (Å²) in [4.78, 5) is 9.17. The number of benzene rings is 4. The van der Waals surface area contributed by atoms with Crippen LogP contribution < -0.4 is 33.3 Å². The summed E-state index contributed by atoms with van der Waals surface area (Å²) in [5.74, 6) is 3.25. The zero-order valence-electron chi connectivity index (χ0n) is 32.7. The fraction of sp³-hybridized carbons (Fsp3) is 0.326. The van der Waals surface area contributed by atoms with E-state index in [2.05, 4.69) is 26.9 Å². The molecule has 1 aliphatic heterocycles. The van der Waals surface area contributed by atoms with Crippen molar-refractivity contribution in [1.29, 1.82) is 0 Å². The Morgan fingerprint density at radius 2 is 1.12 bits per heavy atom. The average molecular weight is 831 g/mol. The first kappa shape index (κ1) is 44.7. The molecule has 306 valence electrons. The Morgan fingerprint density at radius 3 is 1.61 bits per heavy atom. The molecule has 57 heavy (non-hydrogen) atoms. The summed E-state index contributed by atoms with van der Waals surface area (Å²) in [6.45, 7) is 2.83. The lowest BCUT2D eigenvalue weighted by Crippen LogP contribution is -2.44. The summed E-state index contributed by atoms with van der Waals surface area (Å²) in [6.07, 6.45) is 0.931. The van der Waals surface area contributed by atoms with E-state index in [9.17, 15) is 13.2 Å².